The molecule has 21 heavy (non-hydrogen) atoms. The van der Waals surface area contributed by atoms with Crippen molar-refractivity contribution < 1.29 is 4.74 Å². The summed E-state index contributed by atoms with van der Waals surface area (Å²) in [6.45, 7) is 1.90. The molecular weight excluding hydrogens is 264 g/mol. The van der Waals surface area contributed by atoms with Crippen LogP contribution in [0.3, 0.4) is 0 Å². The van der Waals surface area contributed by atoms with Crippen LogP contribution >= 0.6 is 0 Å². The Morgan fingerprint density at radius 1 is 1.19 bits per heavy atom. The highest BCUT2D eigenvalue weighted by Gasteiger charge is 2.07. The second kappa shape index (κ2) is 7.59. The predicted octanol–water partition coefficient (Wildman–Crippen LogP) is 2.52. The van der Waals surface area contributed by atoms with E-state index in [1.165, 1.54) is 0 Å². The SMILES string of the molecule is COc1ccccc1-c1ccnc(NCCCN(C)C)n1. The maximum Gasteiger partial charge on any atom is 0.223 e. The minimum atomic E-state index is 0.650. The summed E-state index contributed by atoms with van der Waals surface area (Å²) < 4.78 is 5.38. The number of hydrogen-bond donors (Lipinski definition) is 1. The van der Waals surface area contributed by atoms with Gasteiger partial charge in [-0.05, 0) is 45.3 Å². The molecule has 0 saturated heterocycles. The van der Waals surface area contributed by atoms with Crippen molar-refractivity contribution in [2.45, 2.75) is 6.42 Å². The van der Waals surface area contributed by atoms with Gasteiger partial charge in [-0.1, -0.05) is 12.1 Å². The number of anilines is 1. The molecule has 1 aromatic heterocycles. The summed E-state index contributed by atoms with van der Waals surface area (Å²) in [7, 11) is 5.80. The van der Waals surface area contributed by atoms with E-state index in [1.807, 2.05) is 30.3 Å². The van der Waals surface area contributed by atoms with Crippen molar-refractivity contribution in [2.75, 3.05) is 39.6 Å². The molecule has 1 N–H and O–H groups in total. The third kappa shape index (κ3) is 4.43. The summed E-state index contributed by atoms with van der Waals surface area (Å²) in [6.07, 6.45) is 2.82. The zero-order chi connectivity index (χ0) is 15.1. The first-order valence-corrected chi connectivity index (χ1v) is 7.05. The van der Waals surface area contributed by atoms with Crippen LogP contribution in [0.15, 0.2) is 36.5 Å². The molecule has 2 rings (SSSR count). The Morgan fingerprint density at radius 2 is 2.00 bits per heavy atom. The molecule has 5 heteroatoms. The number of benzene rings is 1. The molecule has 2 aromatic rings. The summed E-state index contributed by atoms with van der Waals surface area (Å²) >= 11 is 0. The van der Waals surface area contributed by atoms with Crippen LogP contribution in [0.25, 0.3) is 11.3 Å². The van der Waals surface area contributed by atoms with Crippen LogP contribution in [0, 0.1) is 0 Å². The van der Waals surface area contributed by atoms with Crippen LogP contribution in [-0.2, 0) is 0 Å². The molecule has 0 saturated carbocycles. The lowest BCUT2D eigenvalue weighted by Crippen LogP contribution is -2.17. The van der Waals surface area contributed by atoms with Gasteiger partial charge in [0.25, 0.3) is 0 Å². The number of nitrogens with zero attached hydrogens (tertiary/aromatic N) is 3. The molecule has 5 nitrogen and oxygen atoms in total. The number of rotatable bonds is 7. The molecule has 112 valence electrons. The molecule has 1 heterocycles. The quantitative estimate of drug-likeness (QED) is 0.793. The van der Waals surface area contributed by atoms with Gasteiger partial charge in [0.1, 0.15) is 5.75 Å². The van der Waals surface area contributed by atoms with Crippen LogP contribution in [0.4, 0.5) is 5.95 Å². The predicted molar refractivity (Wildman–Crippen MR) is 85.7 cm³/mol. The summed E-state index contributed by atoms with van der Waals surface area (Å²) in [4.78, 5) is 11.0. The molecular formula is C16H22N4O. The van der Waals surface area contributed by atoms with Gasteiger partial charge in [-0.3, -0.25) is 0 Å². The first kappa shape index (κ1) is 15.3. The zero-order valence-electron chi connectivity index (χ0n) is 12.8. The smallest absolute Gasteiger partial charge is 0.223 e. The van der Waals surface area contributed by atoms with Gasteiger partial charge < -0.3 is 15.0 Å². The Balaban J connectivity index is 2.07. The number of ether oxygens (including phenoxy) is 1. The second-order valence-corrected chi connectivity index (χ2v) is 5.05. The van der Waals surface area contributed by atoms with E-state index in [1.54, 1.807) is 13.3 Å². The monoisotopic (exact) mass is 286 g/mol. The third-order valence-electron chi connectivity index (χ3n) is 3.10. The van der Waals surface area contributed by atoms with E-state index in [2.05, 4.69) is 34.3 Å². The highest BCUT2D eigenvalue weighted by Crippen LogP contribution is 2.28. The summed E-state index contributed by atoms with van der Waals surface area (Å²) in [5.41, 5.74) is 1.83. The van der Waals surface area contributed by atoms with Gasteiger partial charge in [0, 0.05) is 18.3 Å². The average Bonchev–Trinajstić information content (AvgIpc) is 2.51. The average molecular weight is 286 g/mol. The number of aromatic nitrogens is 2. The lowest BCUT2D eigenvalue weighted by atomic mass is 10.1. The number of nitrogens with one attached hydrogen (secondary N) is 1. The van der Waals surface area contributed by atoms with E-state index in [4.69, 9.17) is 4.74 Å². The van der Waals surface area contributed by atoms with Crippen LogP contribution in [0.1, 0.15) is 6.42 Å². The minimum absolute atomic E-state index is 0.650. The van der Waals surface area contributed by atoms with Crippen LogP contribution in [0.2, 0.25) is 0 Å². The first-order valence-electron chi connectivity index (χ1n) is 7.05. The molecule has 0 aliphatic carbocycles. The third-order valence-corrected chi connectivity index (χ3v) is 3.10. The van der Waals surface area contributed by atoms with E-state index in [0.29, 0.717) is 5.95 Å². The highest BCUT2D eigenvalue weighted by molar-refractivity contribution is 5.67. The lowest BCUT2D eigenvalue weighted by Gasteiger charge is -2.11. The number of para-hydroxylation sites is 1. The van der Waals surface area contributed by atoms with Gasteiger partial charge in [0.2, 0.25) is 5.95 Å². The standard InChI is InChI=1S/C16H22N4O/c1-20(2)12-6-10-17-16-18-11-9-14(19-16)13-7-4-5-8-15(13)21-3/h4-5,7-9,11H,6,10,12H2,1-3H3,(H,17,18,19). The van der Waals surface area contributed by atoms with Gasteiger partial charge in [-0.2, -0.15) is 0 Å². The van der Waals surface area contributed by atoms with Gasteiger partial charge >= 0.3 is 0 Å². The number of hydrogen-bond acceptors (Lipinski definition) is 5. The van der Waals surface area contributed by atoms with E-state index in [0.717, 1.165) is 36.5 Å². The van der Waals surface area contributed by atoms with E-state index in [9.17, 15) is 0 Å². The zero-order valence-corrected chi connectivity index (χ0v) is 12.8. The van der Waals surface area contributed by atoms with Crippen LogP contribution in [0.5, 0.6) is 5.75 Å². The van der Waals surface area contributed by atoms with E-state index in [-0.39, 0.29) is 0 Å². The van der Waals surface area contributed by atoms with Gasteiger partial charge in [0.15, 0.2) is 0 Å². The molecule has 0 aliphatic rings. The Hall–Kier alpha value is -2.14. The fraction of sp³-hybridized carbons (Fsp3) is 0.375. The van der Waals surface area contributed by atoms with Crippen molar-refractivity contribution in [1.29, 1.82) is 0 Å². The van der Waals surface area contributed by atoms with Gasteiger partial charge in [0.05, 0.1) is 12.8 Å². The van der Waals surface area contributed by atoms with Crippen molar-refractivity contribution in [1.82, 2.24) is 14.9 Å². The molecule has 0 spiro atoms. The topological polar surface area (TPSA) is 50.3 Å². The Bertz CT molecular complexity index is 572. The van der Waals surface area contributed by atoms with Crippen molar-refractivity contribution in [2.24, 2.45) is 0 Å². The lowest BCUT2D eigenvalue weighted by molar-refractivity contribution is 0.405. The van der Waals surface area contributed by atoms with Crippen molar-refractivity contribution in [3.05, 3.63) is 36.5 Å². The first-order chi connectivity index (χ1) is 10.2. The maximum atomic E-state index is 5.38. The molecule has 0 unspecified atom stereocenters. The Kier molecular flexibility index (Phi) is 5.51. The van der Waals surface area contributed by atoms with Crippen molar-refractivity contribution >= 4 is 5.95 Å². The largest absolute Gasteiger partial charge is 0.496 e. The summed E-state index contributed by atoms with van der Waals surface area (Å²) in [6, 6.07) is 9.75. The van der Waals surface area contributed by atoms with E-state index < -0.39 is 0 Å². The van der Waals surface area contributed by atoms with Crippen LogP contribution in [-0.4, -0.2) is 49.2 Å². The fourth-order valence-electron chi connectivity index (χ4n) is 2.05. The molecule has 1 aromatic carbocycles. The normalized spacial score (nSPS) is 10.7. The molecule has 0 radical (unpaired) electrons. The summed E-state index contributed by atoms with van der Waals surface area (Å²) in [5.74, 6) is 1.46. The Morgan fingerprint density at radius 3 is 2.76 bits per heavy atom. The molecule has 0 atom stereocenters. The molecule has 0 bridgehead atoms. The maximum absolute atomic E-state index is 5.38. The second-order valence-electron chi connectivity index (χ2n) is 5.05. The fourth-order valence-corrected chi connectivity index (χ4v) is 2.05. The Labute approximate surface area is 126 Å². The van der Waals surface area contributed by atoms with Gasteiger partial charge in [-0.15, -0.1) is 0 Å². The molecule has 0 fully saturated rings. The minimum Gasteiger partial charge on any atom is -0.496 e. The molecule has 0 aliphatic heterocycles. The van der Waals surface area contributed by atoms with Crippen LogP contribution < -0.4 is 10.1 Å². The molecule has 0 amide bonds. The highest BCUT2D eigenvalue weighted by atomic mass is 16.5. The van der Waals surface area contributed by atoms with Crippen molar-refractivity contribution in [3.63, 3.8) is 0 Å². The van der Waals surface area contributed by atoms with Gasteiger partial charge in [-0.25, -0.2) is 9.97 Å². The summed E-state index contributed by atoms with van der Waals surface area (Å²) in [5, 5.41) is 3.26. The van der Waals surface area contributed by atoms with Crippen molar-refractivity contribution in [3.8, 4) is 17.0 Å². The number of methoxy groups -OCH3 is 1. The van der Waals surface area contributed by atoms with E-state index >= 15 is 0 Å².